The van der Waals surface area contributed by atoms with Crippen LogP contribution in [-0.4, -0.2) is 28.6 Å². The van der Waals surface area contributed by atoms with Crippen molar-refractivity contribution in [2.75, 3.05) is 13.7 Å². The second-order valence-corrected chi connectivity index (χ2v) is 3.73. The number of nitrogens with zero attached hydrogens (tertiary/aromatic N) is 2. The SMILES string of the molecule is COCC(C)CC(O)c1ccn(C)n1. The van der Waals surface area contributed by atoms with Gasteiger partial charge < -0.3 is 9.84 Å². The van der Waals surface area contributed by atoms with Crippen molar-refractivity contribution in [3.63, 3.8) is 0 Å². The maximum absolute atomic E-state index is 9.80. The molecule has 0 aromatic carbocycles. The molecule has 2 unspecified atom stereocenters. The number of hydrogen-bond acceptors (Lipinski definition) is 3. The zero-order chi connectivity index (χ0) is 10.6. The molecule has 0 saturated heterocycles. The monoisotopic (exact) mass is 198 g/mol. The Bertz CT molecular complexity index is 273. The van der Waals surface area contributed by atoms with Gasteiger partial charge in [0.25, 0.3) is 0 Å². The predicted octanol–water partition coefficient (Wildman–Crippen LogP) is 1.13. The molecule has 0 radical (unpaired) electrons. The van der Waals surface area contributed by atoms with Gasteiger partial charge in [0.2, 0.25) is 0 Å². The predicted molar refractivity (Wildman–Crippen MR) is 53.8 cm³/mol. The van der Waals surface area contributed by atoms with Crippen LogP contribution in [0.5, 0.6) is 0 Å². The summed E-state index contributed by atoms with van der Waals surface area (Å²) in [5, 5.41) is 13.9. The fourth-order valence-electron chi connectivity index (χ4n) is 1.47. The standard InChI is InChI=1S/C10H18N2O2/c1-8(7-14-3)6-10(13)9-4-5-12(2)11-9/h4-5,8,10,13H,6-7H2,1-3H3. The quantitative estimate of drug-likeness (QED) is 0.771. The summed E-state index contributed by atoms with van der Waals surface area (Å²) in [4.78, 5) is 0. The molecule has 0 fully saturated rings. The van der Waals surface area contributed by atoms with E-state index >= 15 is 0 Å². The summed E-state index contributed by atoms with van der Waals surface area (Å²) in [6.45, 7) is 2.72. The van der Waals surface area contributed by atoms with Crippen LogP contribution in [0.1, 0.15) is 25.1 Å². The number of hydrogen-bond donors (Lipinski definition) is 1. The molecule has 4 heteroatoms. The zero-order valence-electron chi connectivity index (χ0n) is 8.97. The molecule has 1 N–H and O–H groups in total. The summed E-state index contributed by atoms with van der Waals surface area (Å²) < 4.78 is 6.70. The van der Waals surface area contributed by atoms with Crippen LogP contribution in [0.4, 0.5) is 0 Å². The molecule has 0 aliphatic carbocycles. The molecule has 1 aromatic heterocycles. The summed E-state index contributed by atoms with van der Waals surface area (Å²) in [6, 6.07) is 1.84. The highest BCUT2D eigenvalue weighted by Crippen LogP contribution is 2.19. The van der Waals surface area contributed by atoms with Crippen LogP contribution in [0.15, 0.2) is 12.3 Å². The molecule has 0 aliphatic heterocycles. The Morgan fingerprint density at radius 2 is 2.36 bits per heavy atom. The van der Waals surface area contributed by atoms with Crippen LogP contribution < -0.4 is 0 Å². The van der Waals surface area contributed by atoms with E-state index < -0.39 is 6.10 Å². The fourth-order valence-corrected chi connectivity index (χ4v) is 1.47. The maximum Gasteiger partial charge on any atom is 0.0981 e. The molecule has 0 spiro atoms. The highest BCUT2D eigenvalue weighted by Gasteiger charge is 2.14. The number of ether oxygens (including phenoxy) is 1. The van der Waals surface area contributed by atoms with Gasteiger partial charge in [-0.1, -0.05) is 6.92 Å². The Morgan fingerprint density at radius 1 is 1.64 bits per heavy atom. The van der Waals surface area contributed by atoms with Crippen LogP contribution in [0.2, 0.25) is 0 Å². The van der Waals surface area contributed by atoms with Gasteiger partial charge in [-0.05, 0) is 18.4 Å². The van der Waals surface area contributed by atoms with Crippen LogP contribution in [0, 0.1) is 5.92 Å². The lowest BCUT2D eigenvalue weighted by atomic mass is 10.0. The second kappa shape index (κ2) is 5.12. The van der Waals surface area contributed by atoms with Crippen molar-refractivity contribution in [3.05, 3.63) is 18.0 Å². The highest BCUT2D eigenvalue weighted by molar-refractivity contribution is 5.02. The van der Waals surface area contributed by atoms with E-state index in [-0.39, 0.29) is 0 Å². The van der Waals surface area contributed by atoms with Crippen molar-refractivity contribution < 1.29 is 9.84 Å². The molecule has 1 aromatic rings. The van der Waals surface area contributed by atoms with E-state index in [1.54, 1.807) is 11.8 Å². The van der Waals surface area contributed by atoms with Gasteiger partial charge in [0.1, 0.15) is 0 Å². The summed E-state index contributed by atoms with van der Waals surface area (Å²) >= 11 is 0. The van der Waals surface area contributed by atoms with E-state index in [9.17, 15) is 5.11 Å². The Hall–Kier alpha value is -0.870. The second-order valence-electron chi connectivity index (χ2n) is 3.73. The van der Waals surface area contributed by atoms with E-state index in [4.69, 9.17) is 4.74 Å². The summed E-state index contributed by atoms with van der Waals surface area (Å²) in [5.74, 6) is 0.344. The van der Waals surface area contributed by atoms with Gasteiger partial charge >= 0.3 is 0 Å². The third-order valence-corrected chi connectivity index (χ3v) is 2.15. The van der Waals surface area contributed by atoms with Crippen molar-refractivity contribution >= 4 is 0 Å². The Morgan fingerprint density at radius 3 is 2.86 bits per heavy atom. The average molecular weight is 198 g/mol. The molecule has 4 nitrogen and oxygen atoms in total. The molecule has 80 valence electrons. The van der Waals surface area contributed by atoms with Crippen molar-refractivity contribution in [2.45, 2.75) is 19.4 Å². The number of aliphatic hydroxyl groups is 1. The smallest absolute Gasteiger partial charge is 0.0981 e. The molecular formula is C10H18N2O2. The summed E-state index contributed by atoms with van der Waals surface area (Å²) in [7, 11) is 3.51. The largest absolute Gasteiger partial charge is 0.387 e. The number of rotatable bonds is 5. The first kappa shape index (κ1) is 11.2. The maximum atomic E-state index is 9.80. The van der Waals surface area contributed by atoms with Crippen LogP contribution >= 0.6 is 0 Å². The number of aliphatic hydroxyl groups excluding tert-OH is 1. The van der Waals surface area contributed by atoms with E-state index in [1.807, 2.05) is 19.3 Å². The van der Waals surface area contributed by atoms with Crippen molar-refractivity contribution in [1.82, 2.24) is 9.78 Å². The first-order valence-corrected chi connectivity index (χ1v) is 4.80. The zero-order valence-corrected chi connectivity index (χ0v) is 8.97. The Balaban J connectivity index is 2.45. The lowest BCUT2D eigenvalue weighted by Gasteiger charge is -2.13. The molecule has 0 bridgehead atoms. The van der Waals surface area contributed by atoms with Crippen LogP contribution in [-0.2, 0) is 11.8 Å². The molecule has 1 heterocycles. The van der Waals surface area contributed by atoms with Gasteiger partial charge in [-0.25, -0.2) is 0 Å². The third kappa shape index (κ3) is 3.12. The highest BCUT2D eigenvalue weighted by atomic mass is 16.5. The first-order valence-electron chi connectivity index (χ1n) is 4.80. The van der Waals surface area contributed by atoms with Crippen molar-refractivity contribution in [3.8, 4) is 0 Å². The lowest BCUT2D eigenvalue weighted by Crippen LogP contribution is -2.10. The average Bonchev–Trinajstić information content (AvgIpc) is 2.52. The van der Waals surface area contributed by atoms with Crippen molar-refractivity contribution in [1.29, 1.82) is 0 Å². The normalized spacial score (nSPS) is 15.4. The van der Waals surface area contributed by atoms with Crippen molar-refractivity contribution in [2.24, 2.45) is 13.0 Å². The van der Waals surface area contributed by atoms with Gasteiger partial charge in [0, 0.05) is 27.0 Å². The van der Waals surface area contributed by atoms with Gasteiger partial charge in [-0.3, -0.25) is 4.68 Å². The van der Waals surface area contributed by atoms with E-state index in [0.29, 0.717) is 18.9 Å². The van der Waals surface area contributed by atoms with Gasteiger partial charge in [0.05, 0.1) is 11.8 Å². The first-order chi connectivity index (χ1) is 6.63. The molecule has 0 amide bonds. The van der Waals surface area contributed by atoms with E-state index in [1.165, 1.54) is 0 Å². The molecular weight excluding hydrogens is 180 g/mol. The molecule has 1 rings (SSSR count). The molecule has 14 heavy (non-hydrogen) atoms. The number of methoxy groups -OCH3 is 1. The van der Waals surface area contributed by atoms with E-state index in [0.717, 1.165) is 5.69 Å². The molecule has 2 atom stereocenters. The minimum absolute atomic E-state index is 0.344. The van der Waals surface area contributed by atoms with Gasteiger partial charge in [0.15, 0.2) is 0 Å². The summed E-state index contributed by atoms with van der Waals surface area (Å²) in [6.07, 6.45) is 2.03. The molecule has 0 saturated carbocycles. The Kier molecular flexibility index (Phi) is 4.10. The van der Waals surface area contributed by atoms with Crippen LogP contribution in [0.3, 0.4) is 0 Å². The van der Waals surface area contributed by atoms with Crippen LogP contribution in [0.25, 0.3) is 0 Å². The number of aryl methyl sites for hydroxylation is 1. The van der Waals surface area contributed by atoms with Gasteiger partial charge in [-0.2, -0.15) is 5.10 Å². The molecule has 0 aliphatic rings. The number of aromatic nitrogens is 2. The fraction of sp³-hybridized carbons (Fsp3) is 0.700. The minimum Gasteiger partial charge on any atom is -0.387 e. The van der Waals surface area contributed by atoms with Gasteiger partial charge in [-0.15, -0.1) is 0 Å². The van der Waals surface area contributed by atoms with E-state index in [2.05, 4.69) is 12.0 Å². The Labute approximate surface area is 84.5 Å². The third-order valence-electron chi connectivity index (χ3n) is 2.15. The minimum atomic E-state index is -0.485. The topological polar surface area (TPSA) is 47.3 Å². The lowest BCUT2D eigenvalue weighted by molar-refractivity contribution is 0.0991. The summed E-state index contributed by atoms with van der Waals surface area (Å²) in [5.41, 5.74) is 0.732.